The second-order valence-electron chi connectivity index (χ2n) is 5.48. The quantitative estimate of drug-likeness (QED) is 0.925. The van der Waals surface area contributed by atoms with Crippen LogP contribution in [0.4, 0.5) is 0 Å². The third-order valence-electron chi connectivity index (χ3n) is 3.90. The zero-order chi connectivity index (χ0) is 14.1. The standard InChI is InChI=1S/C16H20ClN3/c1-3-6-20-7-4-12(5-8-20)16-18-14-9-11(2)13(17)10-15(14)19-16/h4,9-10H,3,5-8H2,1-2H3,(H,18,19). The number of benzene rings is 1. The van der Waals surface area contributed by atoms with Crippen molar-refractivity contribution < 1.29 is 0 Å². The van der Waals surface area contributed by atoms with Gasteiger partial charge in [-0.25, -0.2) is 4.98 Å². The molecule has 20 heavy (non-hydrogen) atoms. The first-order chi connectivity index (χ1) is 9.67. The number of nitrogens with zero attached hydrogens (tertiary/aromatic N) is 2. The van der Waals surface area contributed by atoms with E-state index in [0.717, 1.165) is 47.0 Å². The van der Waals surface area contributed by atoms with E-state index in [4.69, 9.17) is 11.6 Å². The first-order valence-corrected chi connectivity index (χ1v) is 7.63. The normalized spacial score (nSPS) is 16.6. The van der Waals surface area contributed by atoms with Gasteiger partial charge in [-0.1, -0.05) is 24.6 Å². The van der Waals surface area contributed by atoms with Crippen LogP contribution in [0.15, 0.2) is 18.2 Å². The van der Waals surface area contributed by atoms with Crippen LogP contribution in [0.1, 0.15) is 31.2 Å². The van der Waals surface area contributed by atoms with Crippen molar-refractivity contribution in [1.29, 1.82) is 0 Å². The first-order valence-electron chi connectivity index (χ1n) is 7.25. The molecule has 0 atom stereocenters. The van der Waals surface area contributed by atoms with Crippen molar-refractivity contribution in [2.24, 2.45) is 0 Å². The van der Waals surface area contributed by atoms with Gasteiger partial charge in [-0.3, -0.25) is 4.90 Å². The lowest BCUT2D eigenvalue weighted by Gasteiger charge is -2.24. The van der Waals surface area contributed by atoms with Gasteiger partial charge in [0.1, 0.15) is 5.82 Å². The van der Waals surface area contributed by atoms with E-state index in [0.29, 0.717) is 0 Å². The maximum Gasteiger partial charge on any atom is 0.134 e. The summed E-state index contributed by atoms with van der Waals surface area (Å²) < 4.78 is 0. The molecule has 0 saturated carbocycles. The van der Waals surface area contributed by atoms with Gasteiger partial charge in [0.05, 0.1) is 11.0 Å². The third-order valence-corrected chi connectivity index (χ3v) is 4.31. The highest BCUT2D eigenvalue weighted by Crippen LogP contribution is 2.26. The molecule has 3 nitrogen and oxygen atoms in total. The predicted octanol–water partition coefficient (Wildman–Crippen LogP) is 4.02. The van der Waals surface area contributed by atoms with Crippen molar-refractivity contribution in [3.8, 4) is 0 Å². The van der Waals surface area contributed by atoms with Crippen LogP contribution in [0, 0.1) is 6.92 Å². The van der Waals surface area contributed by atoms with E-state index in [-0.39, 0.29) is 0 Å². The van der Waals surface area contributed by atoms with Crippen LogP contribution in [-0.2, 0) is 0 Å². The maximum absolute atomic E-state index is 6.16. The summed E-state index contributed by atoms with van der Waals surface area (Å²) in [6, 6.07) is 4.01. The summed E-state index contributed by atoms with van der Waals surface area (Å²) >= 11 is 6.16. The molecule has 1 aromatic carbocycles. The van der Waals surface area contributed by atoms with Crippen LogP contribution in [-0.4, -0.2) is 34.5 Å². The number of aryl methyl sites for hydroxylation is 1. The maximum atomic E-state index is 6.16. The lowest BCUT2D eigenvalue weighted by Crippen LogP contribution is -2.29. The molecule has 4 heteroatoms. The highest BCUT2D eigenvalue weighted by atomic mass is 35.5. The van der Waals surface area contributed by atoms with Gasteiger partial charge >= 0.3 is 0 Å². The monoisotopic (exact) mass is 289 g/mol. The molecule has 0 saturated heterocycles. The van der Waals surface area contributed by atoms with Crippen LogP contribution < -0.4 is 0 Å². The summed E-state index contributed by atoms with van der Waals surface area (Å²) in [6.45, 7) is 7.57. The van der Waals surface area contributed by atoms with E-state index in [1.165, 1.54) is 18.5 Å². The average Bonchev–Trinajstić information content (AvgIpc) is 2.83. The fraction of sp³-hybridized carbons (Fsp3) is 0.438. The van der Waals surface area contributed by atoms with Gasteiger partial charge < -0.3 is 4.98 Å². The van der Waals surface area contributed by atoms with Crippen LogP contribution in [0.25, 0.3) is 16.6 Å². The molecule has 2 heterocycles. The van der Waals surface area contributed by atoms with E-state index in [2.05, 4.69) is 33.9 Å². The summed E-state index contributed by atoms with van der Waals surface area (Å²) in [5.41, 5.74) is 4.43. The molecule has 0 fully saturated rings. The van der Waals surface area contributed by atoms with E-state index in [1.807, 2.05) is 13.0 Å². The molecule has 1 aromatic heterocycles. The number of aromatic nitrogens is 2. The van der Waals surface area contributed by atoms with E-state index >= 15 is 0 Å². The van der Waals surface area contributed by atoms with Crippen LogP contribution in [0.3, 0.4) is 0 Å². The van der Waals surface area contributed by atoms with E-state index < -0.39 is 0 Å². The third kappa shape index (κ3) is 2.60. The molecule has 1 N–H and O–H groups in total. The molecule has 0 unspecified atom stereocenters. The number of aromatic amines is 1. The lowest BCUT2D eigenvalue weighted by atomic mass is 10.1. The summed E-state index contributed by atoms with van der Waals surface area (Å²) in [4.78, 5) is 10.6. The van der Waals surface area contributed by atoms with Gasteiger partial charge in [-0.2, -0.15) is 0 Å². The van der Waals surface area contributed by atoms with Crippen molar-refractivity contribution >= 4 is 28.2 Å². The Morgan fingerprint density at radius 3 is 2.95 bits per heavy atom. The fourth-order valence-electron chi connectivity index (χ4n) is 2.74. The zero-order valence-corrected chi connectivity index (χ0v) is 12.8. The van der Waals surface area contributed by atoms with Crippen molar-refractivity contribution in [3.63, 3.8) is 0 Å². The summed E-state index contributed by atoms with van der Waals surface area (Å²) in [5, 5.41) is 0.780. The Kier molecular flexibility index (Phi) is 3.81. The number of rotatable bonds is 3. The molecule has 1 aliphatic heterocycles. The Morgan fingerprint density at radius 1 is 1.40 bits per heavy atom. The molecule has 0 radical (unpaired) electrons. The molecule has 2 aromatic rings. The Bertz CT molecular complexity index is 618. The zero-order valence-electron chi connectivity index (χ0n) is 12.0. The lowest BCUT2D eigenvalue weighted by molar-refractivity contribution is 0.302. The van der Waals surface area contributed by atoms with Crippen LogP contribution >= 0.6 is 11.6 Å². The second-order valence-corrected chi connectivity index (χ2v) is 5.89. The summed E-state index contributed by atoms with van der Waals surface area (Å²) in [5.74, 6) is 0.998. The SMILES string of the molecule is CCCN1CC=C(c2nc3cc(Cl)c(C)cc3[nH]2)CC1. The van der Waals surface area contributed by atoms with Gasteiger partial charge in [0.25, 0.3) is 0 Å². The molecule has 0 bridgehead atoms. The Hall–Kier alpha value is -1.32. The number of halogens is 1. The number of hydrogen-bond acceptors (Lipinski definition) is 2. The molecule has 106 valence electrons. The minimum absolute atomic E-state index is 0.780. The van der Waals surface area contributed by atoms with E-state index in [1.54, 1.807) is 0 Å². The number of nitrogens with one attached hydrogen (secondary N) is 1. The highest BCUT2D eigenvalue weighted by molar-refractivity contribution is 6.32. The van der Waals surface area contributed by atoms with Crippen LogP contribution in [0.2, 0.25) is 5.02 Å². The minimum Gasteiger partial charge on any atom is -0.338 e. The van der Waals surface area contributed by atoms with Gasteiger partial charge in [-0.15, -0.1) is 0 Å². The Labute approximate surface area is 124 Å². The van der Waals surface area contributed by atoms with Crippen molar-refractivity contribution in [3.05, 3.63) is 34.6 Å². The first kappa shape index (κ1) is 13.7. The number of hydrogen-bond donors (Lipinski definition) is 1. The topological polar surface area (TPSA) is 31.9 Å². The van der Waals surface area contributed by atoms with Gasteiger partial charge in [-0.05, 0) is 49.6 Å². The summed E-state index contributed by atoms with van der Waals surface area (Å²) in [6.07, 6.45) is 4.57. The fourth-order valence-corrected chi connectivity index (χ4v) is 2.90. The second kappa shape index (κ2) is 5.58. The molecular formula is C16H20ClN3. The van der Waals surface area contributed by atoms with E-state index in [9.17, 15) is 0 Å². The van der Waals surface area contributed by atoms with Crippen molar-refractivity contribution in [1.82, 2.24) is 14.9 Å². The average molecular weight is 290 g/mol. The molecule has 0 amide bonds. The van der Waals surface area contributed by atoms with Crippen molar-refractivity contribution in [2.75, 3.05) is 19.6 Å². The van der Waals surface area contributed by atoms with Gasteiger partial charge in [0.15, 0.2) is 0 Å². The molecular weight excluding hydrogens is 270 g/mol. The smallest absolute Gasteiger partial charge is 0.134 e. The highest BCUT2D eigenvalue weighted by Gasteiger charge is 2.15. The van der Waals surface area contributed by atoms with Gasteiger partial charge in [0, 0.05) is 18.1 Å². The van der Waals surface area contributed by atoms with Crippen LogP contribution in [0.5, 0.6) is 0 Å². The number of H-pyrrole nitrogens is 1. The largest absolute Gasteiger partial charge is 0.338 e. The molecule has 1 aliphatic rings. The summed E-state index contributed by atoms with van der Waals surface area (Å²) in [7, 11) is 0. The number of fused-ring (bicyclic) bond motifs is 1. The molecule has 0 aliphatic carbocycles. The predicted molar refractivity (Wildman–Crippen MR) is 85.2 cm³/mol. The number of imidazole rings is 1. The van der Waals surface area contributed by atoms with Crippen molar-refractivity contribution in [2.45, 2.75) is 26.7 Å². The Morgan fingerprint density at radius 2 is 2.25 bits per heavy atom. The van der Waals surface area contributed by atoms with Gasteiger partial charge in [0.2, 0.25) is 0 Å². The molecule has 0 spiro atoms. The minimum atomic E-state index is 0.780. The Balaban J connectivity index is 1.88. The molecule has 3 rings (SSSR count).